The van der Waals surface area contributed by atoms with Crippen molar-refractivity contribution in [3.05, 3.63) is 90.5 Å². The molecule has 41 heavy (non-hydrogen) atoms. The third-order valence-electron chi connectivity index (χ3n) is 7.40. The van der Waals surface area contributed by atoms with Crippen LogP contribution in [0, 0.1) is 0 Å². The molecule has 0 bridgehead atoms. The van der Waals surface area contributed by atoms with Gasteiger partial charge in [-0.05, 0) is 48.7 Å². The average Bonchev–Trinajstić information content (AvgIpc) is 2.98. The fraction of sp³-hybridized carbons (Fsp3) is 0.500. The molecule has 0 aromatic heterocycles. The molecule has 0 unspecified atom stereocenters. The number of phosphoric acid groups is 1. The molecule has 4 nitrogen and oxygen atoms in total. The van der Waals surface area contributed by atoms with Gasteiger partial charge in [0.05, 0.1) is 0 Å². The Morgan fingerprint density at radius 2 is 0.854 bits per heavy atom. The summed E-state index contributed by atoms with van der Waals surface area (Å²) in [5.74, 6) is 1.41. The van der Waals surface area contributed by atoms with E-state index in [0.29, 0.717) is 17.2 Å². The molecule has 0 radical (unpaired) electrons. The fourth-order valence-corrected chi connectivity index (χ4v) is 6.35. The second-order valence-electron chi connectivity index (χ2n) is 11.0. The largest absolute Gasteiger partial charge is 0.647 e. The Labute approximate surface area is 249 Å². The number of benzene rings is 3. The van der Waals surface area contributed by atoms with Crippen molar-refractivity contribution in [2.45, 2.75) is 116 Å². The van der Waals surface area contributed by atoms with E-state index in [1.165, 1.54) is 96.3 Å². The Kier molecular flexibility index (Phi) is 16.2. The zero-order valence-electron chi connectivity index (χ0n) is 25.2. The lowest BCUT2D eigenvalue weighted by Crippen LogP contribution is -2.08. The first-order valence-corrected chi connectivity index (χ1v) is 17.5. The predicted octanol–water partition coefficient (Wildman–Crippen LogP) is 12.1. The van der Waals surface area contributed by atoms with Crippen LogP contribution in [-0.2, 0) is 11.0 Å². The van der Waals surface area contributed by atoms with E-state index < -0.39 is 7.82 Å². The van der Waals surface area contributed by atoms with Crippen LogP contribution in [0.5, 0.6) is 17.2 Å². The summed E-state index contributed by atoms with van der Waals surface area (Å²) in [5.41, 5.74) is 1.02. The number of hydrogen-bond donors (Lipinski definition) is 0. The SMILES string of the molecule is CCCCCCCCCCCCCCCCCCc1ccccc1OP(=O)(Oc1ccccc1)Oc1ccccc1. The maximum absolute atomic E-state index is 13.8. The average molecular weight is 579 g/mol. The van der Waals surface area contributed by atoms with Crippen molar-refractivity contribution in [2.75, 3.05) is 0 Å². The first-order valence-electron chi connectivity index (χ1n) is 16.1. The van der Waals surface area contributed by atoms with Crippen LogP contribution in [0.1, 0.15) is 115 Å². The molecular weight excluding hydrogens is 527 g/mol. The van der Waals surface area contributed by atoms with Crippen LogP contribution in [0.25, 0.3) is 0 Å². The van der Waals surface area contributed by atoms with Crippen molar-refractivity contribution in [2.24, 2.45) is 0 Å². The van der Waals surface area contributed by atoms with Gasteiger partial charge in [0.2, 0.25) is 0 Å². The summed E-state index contributed by atoms with van der Waals surface area (Å²) in [6.07, 6.45) is 22.5. The second-order valence-corrected chi connectivity index (χ2v) is 12.5. The molecule has 0 fully saturated rings. The monoisotopic (exact) mass is 578 g/mol. The number of aryl methyl sites for hydroxylation is 1. The van der Waals surface area contributed by atoms with Crippen molar-refractivity contribution < 1.29 is 18.1 Å². The van der Waals surface area contributed by atoms with Crippen LogP contribution >= 0.6 is 7.82 Å². The lowest BCUT2D eigenvalue weighted by atomic mass is 10.0. The van der Waals surface area contributed by atoms with E-state index in [-0.39, 0.29) is 0 Å². The minimum absolute atomic E-state index is 0.432. The molecule has 0 saturated carbocycles. The first-order chi connectivity index (χ1) is 20.2. The Hall–Kier alpha value is -2.71. The minimum atomic E-state index is -3.99. The van der Waals surface area contributed by atoms with Crippen molar-refractivity contribution in [1.82, 2.24) is 0 Å². The molecule has 224 valence electrons. The van der Waals surface area contributed by atoms with E-state index in [1.807, 2.05) is 60.7 Å². The molecule has 0 spiro atoms. The van der Waals surface area contributed by atoms with Gasteiger partial charge in [-0.3, -0.25) is 0 Å². The summed E-state index contributed by atoms with van der Waals surface area (Å²) in [5, 5.41) is 0. The standard InChI is InChI=1S/C36H51O4P/c1-2-3-4-5-6-7-8-9-10-11-12-13-14-15-16-19-26-33-27-24-25-32-36(33)40-41(37,38-34-28-20-17-21-29-34)39-35-30-22-18-23-31-35/h17-18,20-25,27-32H,2-16,19,26H2,1H3. The van der Waals surface area contributed by atoms with E-state index in [1.54, 1.807) is 24.3 Å². The number of rotatable bonds is 23. The van der Waals surface area contributed by atoms with Gasteiger partial charge in [0.1, 0.15) is 17.2 Å². The van der Waals surface area contributed by atoms with E-state index >= 15 is 0 Å². The second kappa shape index (κ2) is 20.2. The third kappa shape index (κ3) is 14.1. The van der Waals surface area contributed by atoms with Crippen LogP contribution in [0.2, 0.25) is 0 Å². The normalized spacial score (nSPS) is 11.3. The van der Waals surface area contributed by atoms with E-state index in [4.69, 9.17) is 13.6 Å². The van der Waals surface area contributed by atoms with E-state index in [9.17, 15) is 4.57 Å². The summed E-state index contributed by atoms with van der Waals surface area (Å²) in [4.78, 5) is 0. The predicted molar refractivity (Wildman–Crippen MR) is 172 cm³/mol. The Morgan fingerprint density at radius 3 is 1.32 bits per heavy atom. The third-order valence-corrected chi connectivity index (χ3v) is 8.69. The maximum Gasteiger partial charge on any atom is 0.647 e. The molecule has 3 aromatic rings. The Balaban J connectivity index is 1.36. The van der Waals surface area contributed by atoms with Gasteiger partial charge in [0, 0.05) is 0 Å². The fourth-order valence-electron chi connectivity index (χ4n) is 5.06. The van der Waals surface area contributed by atoms with Gasteiger partial charge in [0.25, 0.3) is 0 Å². The highest BCUT2D eigenvalue weighted by molar-refractivity contribution is 7.49. The summed E-state index contributed by atoms with van der Waals surface area (Å²) in [6.45, 7) is 2.28. The first kappa shape index (κ1) is 32.8. The van der Waals surface area contributed by atoms with Gasteiger partial charge in [-0.1, -0.05) is 158 Å². The van der Waals surface area contributed by atoms with Crippen LogP contribution in [0.4, 0.5) is 0 Å². The maximum atomic E-state index is 13.8. The van der Waals surface area contributed by atoms with Crippen molar-refractivity contribution in [1.29, 1.82) is 0 Å². The molecule has 0 aliphatic rings. The molecule has 0 atom stereocenters. The lowest BCUT2D eigenvalue weighted by molar-refractivity contribution is 0.297. The van der Waals surface area contributed by atoms with Crippen molar-refractivity contribution >= 4 is 7.82 Å². The highest BCUT2D eigenvalue weighted by atomic mass is 31.2. The van der Waals surface area contributed by atoms with Crippen molar-refractivity contribution in [3.8, 4) is 17.2 Å². The lowest BCUT2D eigenvalue weighted by Gasteiger charge is -2.21. The van der Waals surface area contributed by atoms with Crippen LogP contribution in [0.15, 0.2) is 84.9 Å². The number of para-hydroxylation sites is 3. The van der Waals surface area contributed by atoms with Gasteiger partial charge in [-0.2, -0.15) is 4.57 Å². The van der Waals surface area contributed by atoms with E-state index in [0.717, 1.165) is 18.4 Å². The zero-order valence-corrected chi connectivity index (χ0v) is 26.1. The molecule has 0 aliphatic carbocycles. The molecule has 0 N–H and O–H groups in total. The number of hydrogen-bond acceptors (Lipinski definition) is 4. The summed E-state index contributed by atoms with van der Waals surface area (Å²) < 4.78 is 31.5. The van der Waals surface area contributed by atoms with Crippen LogP contribution < -0.4 is 13.6 Å². The van der Waals surface area contributed by atoms with E-state index in [2.05, 4.69) is 6.92 Å². The summed E-state index contributed by atoms with van der Waals surface area (Å²) in [6, 6.07) is 25.8. The number of unbranched alkanes of at least 4 members (excludes halogenated alkanes) is 15. The van der Waals surface area contributed by atoms with Gasteiger partial charge in [-0.15, -0.1) is 0 Å². The number of phosphoric ester groups is 1. The molecule has 5 heteroatoms. The molecular formula is C36H51O4P. The Morgan fingerprint density at radius 1 is 0.463 bits per heavy atom. The highest BCUT2D eigenvalue weighted by Gasteiger charge is 2.33. The topological polar surface area (TPSA) is 44.8 Å². The molecule has 3 rings (SSSR count). The molecule has 0 heterocycles. The van der Waals surface area contributed by atoms with Crippen molar-refractivity contribution in [3.63, 3.8) is 0 Å². The molecule has 0 saturated heterocycles. The summed E-state index contributed by atoms with van der Waals surface area (Å²) >= 11 is 0. The van der Waals surface area contributed by atoms with Gasteiger partial charge in [0.15, 0.2) is 0 Å². The van der Waals surface area contributed by atoms with Crippen LogP contribution in [-0.4, -0.2) is 0 Å². The van der Waals surface area contributed by atoms with Crippen LogP contribution in [0.3, 0.4) is 0 Å². The highest BCUT2D eigenvalue weighted by Crippen LogP contribution is 2.50. The summed E-state index contributed by atoms with van der Waals surface area (Å²) in [7, 11) is -3.99. The van der Waals surface area contributed by atoms with Gasteiger partial charge < -0.3 is 13.6 Å². The smallest absolute Gasteiger partial charge is 0.386 e. The minimum Gasteiger partial charge on any atom is -0.386 e. The van der Waals surface area contributed by atoms with Gasteiger partial charge in [-0.25, -0.2) is 0 Å². The molecule has 3 aromatic carbocycles. The molecule has 0 amide bonds. The molecule has 0 aliphatic heterocycles. The zero-order chi connectivity index (χ0) is 28.9. The van der Waals surface area contributed by atoms with Gasteiger partial charge >= 0.3 is 7.82 Å². The quantitative estimate of drug-likeness (QED) is 0.0829. The Bertz CT molecular complexity index is 1060.